The number of amides is 1. The van der Waals surface area contributed by atoms with Crippen LogP contribution in [0.2, 0.25) is 0 Å². The highest BCUT2D eigenvalue weighted by molar-refractivity contribution is 6.05. The van der Waals surface area contributed by atoms with E-state index in [0.717, 1.165) is 22.6 Å². The quantitative estimate of drug-likeness (QED) is 0.462. The Kier molecular flexibility index (Phi) is 5.26. The third kappa shape index (κ3) is 3.77. The molecule has 150 valence electrons. The van der Waals surface area contributed by atoms with E-state index in [1.165, 1.54) is 29.3 Å². The molecule has 0 aliphatic carbocycles. The molecule has 1 amide bonds. The van der Waals surface area contributed by atoms with Crippen molar-refractivity contribution < 1.29 is 14.5 Å². The van der Waals surface area contributed by atoms with Crippen LogP contribution >= 0.6 is 0 Å². The monoisotopic (exact) mass is 401 g/mol. The number of nitro groups is 1. The molecule has 1 aliphatic rings. The summed E-state index contributed by atoms with van der Waals surface area (Å²) >= 11 is 0. The van der Waals surface area contributed by atoms with E-state index in [1.807, 2.05) is 54.6 Å². The first-order chi connectivity index (χ1) is 14.6. The molecule has 0 N–H and O–H groups in total. The fourth-order valence-electron chi connectivity index (χ4n) is 3.45. The van der Waals surface area contributed by atoms with Gasteiger partial charge >= 0.3 is 0 Å². The lowest BCUT2D eigenvalue weighted by molar-refractivity contribution is -0.384. The summed E-state index contributed by atoms with van der Waals surface area (Å²) in [7, 11) is 1.61. The van der Waals surface area contributed by atoms with Gasteiger partial charge in [-0.3, -0.25) is 14.9 Å². The van der Waals surface area contributed by atoms with Crippen LogP contribution in [0.25, 0.3) is 0 Å². The fourth-order valence-corrected chi connectivity index (χ4v) is 3.45. The lowest BCUT2D eigenvalue weighted by atomic mass is 9.98. The lowest BCUT2D eigenvalue weighted by Gasteiger charge is -2.22. The molecule has 0 spiro atoms. The van der Waals surface area contributed by atoms with Crippen LogP contribution in [0.1, 0.15) is 33.9 Å². The summed E-state index contributed by atoms with van der Waals surface area (Å²) in [5.41, 5.74) is 2.97. The van der Waals surface area contributed by atoms with Crippen molar-refractivity contribution in [2.75, 3.05) is 7.11 Å². The smallest absolute Gasteiger partial charge is 0.274 e. The number of carbonyl (C=O) groups excluding carboxylic acids is 1. The van der Waals surface area contributed by atoms with Gasteiger partial charge in [-0.15, -0.1) is 0 Å². The summed E-state index contributed by atoms with van der Waals surface area (Å²) < 4.78 is 5.21. The molecule has 0 aromatic heterocycles. The van der Waals surface area contributed by atoms with Gasteiger partial charge in [0.05, 0.1) is 23.8 Å². The van der Waals surface area contributed by atoms with Gasteiger partial charge in [-0.1, -0.05) is 30.3 Å². The number of nitrogens with zero attached hydrogens (tertiary/aromatic N) is 3. The molecule has 1 heterocycles. The Bertz CT molecular complexity index is 1090. The molecule has 3 aromatic rings. The van der Waals surface area contributed by atoms with Crippen LogP contribution < -0.4 is 4.74 Å². The van der Waals surface area contributed by atoms with Crippen molar-refractivity contribution in [2.45, 2.75) is 12.5 Å². The van der Waals surface area contributed by atoms with Crippen molar-refractivity contribution in [1.29, 1.82) is 0 Å². The lowest BCUT2D eigenvalue weighted by Crippen LogP contribution is -2.27. The average Bonchev–Trinajstić information content (AvgIpc) is 3.25. The minimum Gasteiger partial charge on any atom is -0.497 e. The van der Waals surface area contributed by atoms with Crippen LogP contribution in [0.4, 0.5) is 5.69 Å². The first-order valence-corrected chi connectivity index (χ1v) is 9.41. The molecule has 30 heavy (non-hydrogen) atoms. The number of ether oxygens (including phenoxy) is 1. The summed E-state index contributed by atoms with van der Waals surface area (Å²) in [5.74, 6) is 0.443. The Labute approximate surface area is 173 Å². The molecule has 3 aromatic carbocycles. The van der Waals surface area contributed by atoms with Crippen molar-refractivity contribution in [3.05, 3.63) is 106 Å². The number of nitro benzene ring substituents is 1. The van der Waals surface area contributed by atoms with Gasteiger partial charge in [0.2, 0.25) is 0 Å². The molecule has 0 saturated carbocycles. The zero-order valence-corrected chi connectivity index (χ0v) is 16.3. The van der Waals surface area contributed by atoms with E-state index in [-0.39, 0.29) is 17.6 Å². The highest BCUT2D eigenvalue weighted by atomic mass is 16.6. The van der Waals surface area contributed by atoms with E-state index < -0.39 is 4.92 Å². The van der Waals surface area contributed by atoms with Crippen LogP contribution in [-0.4, -0.2) is 28.7 Å². The van der Waals surface area contributed by atoms with E-state index >= 15 is 0 Å². The number of benzene rings is 3. The number of carbonyl (C=O) groups is 1. The van der Waals surface area contributed by atoms with Crippen molar-refractivity contribution in [2.24, 2.45) is 5.10 Å². The highest BCUT2D eigenvalue weighted by Gasteiger charge is 2.33. The third-order valence-electron chi connectivity index (χ3n) is 5.05. The van der Waals surface area contributed by atoms with Crippen molar-refractivity contribution in [3.8, 4) is 5.75 Å². The molecule has 0 fully saturated rings. The molecule has 1 atom stereocenters. The first kappa shape index (κ1) is 19.3. The van der Waals surface area contributed by atoms with Crippen LogP contribution in [0.3, 0.4) is 0 Å². The predicted octanol–water partition coefficient (Wildman–Crippen LogP) is 4.59. The van der Waals surface area contributed by atoms with Gasteiger partial charge in [-0.2, -0.15) is 5.10 Å². The van der Waals surface area contributed by atoms with Crippen molar-refractivity contribution >= 4 is 17.3 Å². The molecule has 7 heteroatoms. The topological polar surface area (TPSA) is 85.0 Å². The molecule has 0 radical (unpaired) electrons. The maximum atomic E-state index is 13.2. The summed E-state index contributed by atoms with van der Waals surface area (Å²) in [6, 6.07) is 22.6. The van der Waals surface area contributed by atoms with Crippen LogP contribution in [-0.2, 0) is 0 Å². The van der Waals surface area contributed by atoms with E-state index in [9.17, 15) is 14.9 Å². The fraction of sp³-hybridized carbons (Fsp3) is 0.130. The molecule has 0 bridgehead atoms. The minimum absolute atomic E-state index is 0.0602. The Morgan fingerprint density at radius 2 is 1.70 bits per heavy atom. The standard InChI is InChI=1S/C23H19N3O4/c1-30-20-13-9-16(10-14-20)21-15-22(17-5-3-2-4-6-17)25(24-21)23(27)18-7-11-19(12-8-18)26(28)29/h2-14,22H,15H2,1H3. The highest BCUT2D eigenvalue weighted by Crippen LogP contribution is 2.34. The average molecular weight is 401 g/mol. The Hall–Kier alpha value is -4.00. The van der Waals surface area contributed by atoms with Gasteiger partial charge in [0.1, 0.15) is 5.75 Å². The molecule has 0 saturated heterocycles. The van der Waals surface area contributed by atoms with Gasteiger partial charge in [0.25, 0.3) is 11.6 Å². The summed E-state index contributed by atoms with van der Waals surface area (Å²) in [6.45, 7) is 0. The summed E-state index contributed by atoms with van der Waals surface area (Å²) in [5, 5.41) is 17.0. The van der Waals surface area contributed by atoms with E-state index in [1.54, 1.807) is 7.11 Å². The molecular weight excluding hydrogens is 382 g/mol. The van der Waals surface area contributed by atoms with E-state index in [2.05, 4.69) is 5.10 Å². The van der Waals surface area contributed by atoms with Crippen molar-refractivity contribution in [3.63, 3.8) is 0 Å². The number of methoxy groups -OCH3 is 1. The van der Waals surface area contributed by atoms with Gasteiger partial charge in [0, 0.05) is 24.1 Å². The van der Waals surface area contributed by atoms with Crippen LogP contribution in [0, 0.1) is 10.1 Å². The van der Waals surface area contributed by atoms with Crippen molar-refractivity contribution in [1.82, 2.24) is 5.01 Å². The summed E-state index contributed by atoms with van der Waals surface area (Å²) in [6.07, 6.45) is 0.565. The maximum Gasteiger partial charge on any atom is 0.274 e. The second kappa shape index (κ2) is 8.16. The van der Waals surface area contributed by atoms with Gasteiger partial charge < -0.3 is 4.74 Å². The number of hydrazone groups is 1. The normalized spacial score (nSPS) is 15.6. The van der Waals surface area contributed by atoms with Crippen LogP contribution in [0.15, 0.2) is 84.0 Å². The second-order valence-corrected chi connectivity index (χ2v) is 6.86. The largest absolute Gasteiger partial charge is 0.497 e. The zero-order valence-electron chi connectivity index (χ0n) is 16.3. The Morgan fingerprint density at radius 3 is 2.30 bits per heavy atom. The molecule has 7 nitrogen and oxygen atoms in total. The number of hydrogen-bond acceptors (Lipinski definition) is 5. The number of non-ortho nitro benzene ring substituents is 1. The predicted molar refractivity (Wildman–Crippen MR) is 113 cm³/mol. The first-order valence-electron chi connectivity index (χ1n) is 9.41. The second-order valence-electron chi connectivity index (χ2n) is 6.86. The molecule has 1 unspecified atom stereocenters. The number of hydrogen-bond donors (Lipinski definition) is 0. The van der Waals surface area contributed by atoms with Crippen LogP contribution in [0.5, 0.6) is 5.75 Å². The molecule has 1 aliphatic heterocycles. The SMILES string of the molecule is COc1ccc(C2=NN(C(=O)c3ccc([N+](=O)[O-])cc3)C(c3ccccc3)C2)cc1. The summed E-state index contributed by atoms with van der Waals surface area (Å²) in [4.78, 5) is 23.6. The Balaban J connectivity index is 1.69. The van der Waals surface area contributed by atoms with Gasteiger partial charge in [-0.25, -0.2) is 5.01 Å². The Morgan fingerprint density at radius 1 is 1.03 bits per heavy atom. The van der Waals surface area contributed by atoms with Gasteiger partial charge in [0.15, 0.2) is 0 Å². The number of rotatable bonds is 5. The zero-order chi connectivity index (χ0) is 21.1. The maximum absolute atomic E-state index is 13.2. The van der Waals surface area contributed by atoms with Gasteiger partial charge in [-0.05, 0) is 47.5 Å². The molecule has 4 rings (SSSR count). The van der Waals surface area contributed by atoms with E-state index in [4.69, 9.17) is 4.74 Å². The minimum atomic E-state index is -0.489. The third-order valence-corrected chi connectivity index (χ3v) is 5.05. The molecular formula is C23H19N3O4. The van der Waals surface area contributed by atoms with E-state index in [0.29, 0.717) is 12.0 Å².